The van der Waals surface area contributed by atoms with Crippen molar-refractivity contribution in [3.8, 4) is 0 Å². The molecule has 0 aliphatic carbocycles. The Bertz CT molecular complexity index is 820. The van der Waals surface area contributed by atoms with Gasteiger partial charge in [-0.25, -0.2) is 0 Å². The van der Waals surface area contributed by atoms with Crippen molar-refractivity contribution in [3.05, 3.63) is 62.6 Å². The van der Waals surface area contributed by atoms with Gasteiger partial charge in [0, 0.05) is 34.6 Å². The second-order valence-corrected chi connectivity index (χ2v) is 7.18. The third-order valence-electron chi connectivity index (χ3n) is 3.31. The van der Waals surface area contributed by atoms with Crippen LogP contribution in [0.15, 0.2) is 47.2 Å². The molecule has 2 heterocycles. The van der Waals surface area contributed by atoms with E-state index < -0.39 is 0 Å². The molecule has 0 bridgehead atoms. The number of fused-ring (bicyclic) bond motifs is 1. The van der Waals surface area contributed by atoms with E-state index in [4.69, 9.17) is 11.6 Å². The van der Waals surface area contributed by atoms with Crippen LogP contribution in [-0.2, 0) is 11.3 Å². The fourth-order valence-electron chi connectivity index (χ4n) is 2.15. The van der Waals surface area contributed by atoms with Crippen LogP contribution in [0.2, 0.25) is 5.02 Å². The third kappa shape index (κ3) is 3.24. The smallest absolute Gasteiger partial charge is 0.246 e. The lowest BCUT2D eigenvalue weighted by molar-refractivity contribution is -0.125. The predicted octanol–water partition coefficient (Wildman–Crippen LogP) is 5.29. The highest BCUT2D eigenvalue weighted by atomic mass is 35.5. The number of amides is 1. The Labute approximate surface area is 142 Å². The molecule has 0 N–H and O–H groups in total. The SMILES string of the molecule is CN(Cc1ccsc1)C(=O)/C=C/c1sc2ccccc2c1Cl. The summed E-state index contributed by atoms with van der Waals surface area (Å²) in [5.41, 5.74) is 1.15. The summed E-state index contributed by atoms with van der Waals surface area (Å²) < 4.78 is 1.13. The summed E-state index contributed by atoms with van der Waals surface area (Å²) >= 11 is 9.60. The Morgan fingerprint density at radius 2 is 2.14 bits per heavy atom. The Hall–Kier alpha value is -1.62. The number of nitrogens with zero attached hydrogens (tertiary/aromatic N) is 1. The number of halogens is 1. The van der Waals surface area contributed by atoms with Crippen molar-refractivity contribution in [1.82, 2.24) is 4.90 Å². The number of carbonyl (C=O) groups is 1. The molecule has 0 radical (unpaired) electrons. The van der Waals surface area contributed by atoms with E-state index in [0.29, 0.717) is 11.6 Å². The van der Waals surface area contributed by atoms with Crippen LogP contribution in [-0.4, -0.2) is 17.9 Å². The van der Waals surface area contributed by atoms with Gasteiger partial charge in [-0.05, 0) is 34.5 Å². The molecular formula is C17H14ClNOS2. The van der Waals surface area contributed by atoms with E-state index in [1.165, 1.54) is 0 Å². The maximum atomic E-state index is 12.2. The van der Waals surface area contributed by atoms with Crippen LogP contribution in [0.1, 0.15) is 10.4 Å². The van der Waals surface area contributed by atoms with Gasteiger partial charge in [0.25, 0.3) is 0 Å². The Kier molecular flexibility index (Phi) is 4.62. The van der Waals surface area contributed by atoms with E-state index >= 15 is 0 Å². The fourth-order valence-corrected chi connectivity index (χ4v) is 4.21. The molecule has 0 unspecified atom stereocenters. The lowest BCUT2D eigenvalue weighted by Crippen LogP contribution is -2.23. The normalized spacial score (nSPS) is 11.4. The molecule has 112 valence electrons. The molecule has 0 spiro atoms. The minimum Gasteiger partial charge on any atom is -0.338 e. The summed E-state index contributed by atoms with van der Waals surface area (Å²) in [7, 11) is 1.80. The number of likely N-dealkylation sites (N-methyl/N-ethyl adjacent to an activating group) is 1. The third-order valence-corrected chi connectivity index (χ3v) is 5.70. The first-order valence-electron chi connectivity index (χ1n) is 6.76. The molecule has 0 saturated carbocycles. The van der Waals surface area contributed by atoms with E-state index in [2.05, 4.69) is 5.38 Å². The van der Waals surface area contributed by atoms with Gasteiger partial charge < -0.3 is 4.90 Å². The maximum Gasteiger partial charge on any atom is 0.246 e. The second-order valence-electron chi connectivity index (χ2n) is 4.94. The number of carbonyl (C=O) groups excluding carboxylic acids is 1. The summed E-state index contributed by atoms with van der Waals surface area (Å²) in [6, 6.07) is 10.0. The summed E-state index contributed by atoms with van der Waals surface area (Å²) in [6.45, 7) is 0.618. The molecule has 0 aliphatic heterocycles. The van der Waals surface area contributed by atoms with Crippen molar-refractivity contribution in [3.63, 3.8) is 0 Å². The lowest BCUT2D eigenvalue weighted by Gasteiger charge is -2.13. The minimum absolute atomic E-state index is 0.0280. The van der Waals surface area contributed by atoms with Crippen LogP contribution in [0.25, 0.3) is 16.2 Å². The van der Waals surface area contributed by atoms with E-state index in [0.717, 1.165) is 20.5 Å². The van der Waals surface area contributed by atoms with Crippen molar-refractivity contribution < 1.29 is 4.79 Å². The Balaban J connectivity index is 1.74. The van der Waals surface area contributed by atoms with Gasteiger partial charge in [-0.3, -0.25) is 4.79 Å². The van der Waals surface area contributed by atoms with Gasteiger partial charge >= 0.3 is 0 Å². The maximum absolute atomic E-state index is 12.2. The minimum atomic E-state index is -0.0280. The molecule has 0 saturated heterocycles. The highest BCUT2D eigenvalue weighted by Crippen LogP contribution is 2.35. The monoisotopic (exact) mass is 347 g/mol. The molecule has 2 nitrogen and oxygen atoms in total. The summed E-state index contributed by atoms with van der Waals surface area (Å²) in [4.78, 5) is 14.8. The largest absolute Gasteiger partial charge is 0.338 e. The molecular weight excluding hydrogens is 334 g/mol. The number of hydrogen-bond acceptors (Lipinski definition) is 3. The predicted molar refractivity (Wildman–Crippen MR) is 96.7 cm³/mol. The molecule has 2 aromatic heterocycles. The van der Waals surface area contributed by atoms with Crippen LogP contribution in [0.4, 0.5) is 0 Å². The molecule has 1 aromatic carbocycles. The topological polar surface area (TPSA) is 20.3 Å². The van der Waals surface area contributed by atoms with Crippen LogP contribution < -0.4 is 0 Å². The average molecular weight is 348 g/mol. The second kappa shape index (κ2) is 6.65. The molecule has 22 heavy (non-hydrogen) atoms. The average Bonchev–Trinajstić information content (AvgIpc) is 3.13. The summed E-state index contributed by atoms with van der Waals surface area (Å²) in [5.74, 6) is -0.0280. The Morgan fingerprint density at radius 1 is 1.32 bits per heavy atom. The molecule has 1 amide bonds. The van der Waals surface area contributed by atoms with Gasteiger partial charge in [0.15, 0.2) is 0 Å². The number of benzene rings is 1. The van der Waals surface area contributed by atoms with Crippen molar-refractivity contribution in [1.29, 1.82) is 0 Å². The number of rotatable bonds is 4. The zero-order valence-corrected chi connectivity index (χ0v) is 14.3. The molecule has 0 atom stereocenters. The van der Waals surface area contributed by atoms with Crippen LogP contribution in [0.3, 0.4) is 0 Å². The van der Waals surface area contributed by atoms with E-state index in [1.54, 1.807) is 46.8 Å². The van der Waals surface area contributed by atoms with Gasteiger partial charge in [-0.15, -0.1) is 11.3 Å². The van der Waals surface area contributed by atoms with Gasteiger partial charge in [-0.1, -0.05) is 29.8 Å². The zero-order chi connectivity index (χ0) is 15.5. The van der Waals surface area contributed by atoms with Crippen LogP contribution in [0, 0.1) is 0 Å². The van der Waals surface area contributed by atoms with Crippen molar-refractivity contribution in [2.45, 2.75) is 6.54 Å². The van der Waals surface area contributed by atoms with Crippen molar-refractivity contribution in [2.24, 2.45) is 0 Å². The standard InChI is InChI=1S/C17H14ClNOS2/c1-19(10-12-8-9-21-11-12)16(20)7-6-15-17(18)13-4-2-3-5-14(13)22-15/h2-9,11H,10H2,1H3/b7-6+. The van der Waals surface area contributed by atoms with Gasteiger partial charge in [0.2, 0.25) is 5.91 Å². The highest BCUT2D eigenvalue weighted by Gasteiger charge is 2.09. The van der Waals surface area contributed by atoms with Gasteiger partial charge in [-0.2, -0.15) is 11.3 Å². The molecule has 5 heteroatoms. The summed E-state index contributed by atoms with van der Waals surface area (Å²) in [6.07, 6.45) is 3.39. The number of thiophene rings is 2. The molecule has 0 aliphatic rings. The summed E-state index contributed by atoms with van der Waals surface area (Å²) in [5, 5.41) is 5.81. The van der Waals surface area contributed by atoms with Gasteiger partial charge in [0.05, 0.1) is 5.02 Å². The first-order valence-corrected chi connectivity index (χ1v) is 8.90. The number of hydrogen-bond donors (Lipinski definition) is 0. The zero-order valence-electron chi connectivity index (χ0n) is 12.0. The van der Waals surface area contributed by atoms with E-state index in [-0.39, 0.29) is 5.91 Å². The van der Waals surface area contributed by atoms with Crippen molar-refractivity contribution >= 4 is 56.3 Å². The first kappa shape index (κ1) is 15.3. The quantitative estimate of drug-likeness (QED) is 0.587. The van der Waals surface area contributed by atoms with Crippen LogP contribution >= 0.6 is 34.3 Å². The molecule has 0 fully saturated rings. The van der Waals surface area contributed by atoms with Crippen LogP contribution in [0.5, 0.6) is 0 Å². The van der Waals surface area contributed by atoms with E-state index in [1.807, 2.05) is 35.7 Å². The Morgan fingerprint density at radius 3 is 2.86 bits per heavy atom. The lowest BCUT2D eigenvalue weighted by atomic mass is 10.2. The fraction of sp³-hybridized carbons (Fsp3) is 0.118. The molecule has 3 rings (SSSR count). The first-order chi connectivity index (χ1) is 10.6. The van der Waals surface area contributed by atoms with Crippen molar-refractivity contribution in [2.75, 3.05) is 7.05 Å². The highest BCUT2D eigenvalue weighted by molar-refractivity contribution is 7.20. The molecule has 3 aromatic rings. The van der Waals surface area contributed by atoms with E-state index in [9.17, 15) is 4.79 Å². The van der Waals surface area contributed by atoms with Gasteiger partial charge in [0.1, 0.15) is 0 Å².